The van der Waals surface area contributed by atoms with Gasteiger partial charge in [0.2, 0.25) is 0 Å². The number of ether oxygens (including phenoxy) is 1. The molecule has 1 aliphatic carbocycles. The fourth-order valence-corrected chi connectivity index (χ4v) is 2.50. The molecule has 4 heteroatoms. The lowest BCUT2D eigenvalue weighted by Gasteiger charge is -2.27. The highest BCUT2D eigenvalue weighted by Gasteiger charge is 2.20. The minimum Gasteiger partial charge on any atom is -0.485 e. The lowest BCUT2D eigenvalue weighted by Crippen LogP contribution is -2.50. The molecule has 0 unspecified atom stereocenters. The van der Waals surface area contributed by atoms with Crippen molar-refractivity contribution < 1.29 is 4.74 Å². The third-order valence-electron chi connectivity index (χ3n) is 3.67. The molecule has 0 radical (unpaired) electrons. The highest BCUT2D eigenvalue weighted by atomic mass is 16.5. The fourth-order valence-electron chi connectivity index (χ4n) is 2.50. The molecule has 0 amide bonds. The van der Waals surface area contributed by atoms with Gasteiger partial charge in [-0.1, -0.05) is 19.3 Å². The summed E-state index contributed by atoms with van der Waals surface area (Å²) in [5.74, 6) is 2.38. The van der Waals surface area contributed by atoms with E-state index in [2.05, 4.69) is 15.3 Å². The number of nitrogens with one attached hydrogen (secondary N) is 1. The van der Waals surface area contributed by atoms with Crippen LogP contribution in [0.3, 0.4) is 0 Å². The summed E-state index contributed by atoms with van der Waals surface area (Å²) in [6.07, 6.45) is 10.5. The average molecular weight is 233 g/mol. The average Bonchev–Trinajstić information content (AvgIpc) is 2.36. The summed E-state index contributed by atoms with van der Waals surface area (Å²) >= 11 is 0. The first-order chi connectivity index (χ1) is 8.42. The van der Waals surface area contributed by atoms with Crippen molar-refractivity contribution in [3.63, 3.8) is 0 Å². The number of rotatable bonds is 3. The Bertz CT molecular complexity index is 355. The largest absolute Gasteiger partial charge is 0.485 e. The molecule has 4 nitrogen and oxygen atoms in total. The zero-order valence-corrected chi connectivity index (χ0v) is 10.1. The minimum absolute atomic E-state index is 0.305. The molecule has 2 heterocycles. The van der Waals surface area contributed by atoms with Gasteiger partial charge in [0.15, 0.2) is 5.75 Å². The van der Waals surface area contributed by atoms with Crippen molar-refractivity contribution in [2.45, 2.75) is 44.1 Å². The molecule has 92 valence electrons. The van der Waals surface area contributed by atoms with Gasteiger partial charge in [-0.15, -0.1) is 0 Å². The van der Waals surface area contributed by atoms with Crippen LogP contribution < -0.4 is 10.1 Å². The van der Waals surface area contributed by atoms with Crippen molar-refractivity contribution in [2.24, 2.45) is 0 Å². The quantitative estimate of drug-likeness (QED) is 0.866. The van der Waals surface area contributed by atoms with Crippen LogP contribution in [0.1, 0.15) is 43.8 Å². The maximum atomic E-state index is 5.71. The number of nitrogens with zero attached hydrogens (tertiary/aromatic N) is 2. The third-order valence-corrected chi connectivity index (χ3v) is 3.67. The Morgan fingerprint density at radius 3 is 2.35 bits per heavy atom. The summed E-state index contributed by atoms with van der Waals surface area (Å²) < 4.78 is 5.71. The van der Waals surface area contributed by atoms with E-state index >= 15 is 0 Å². The van der Waals surface area contributed by atoms with Crippen LogP contribution in [0.2, 0.25) is 0 Å². The molecule has 1 aromatic heterocycles. The maximum absolute atomic E-state index is 5.71. The molecule has 2 aliphatic rings. The van der Waals surface area contributed by atoms with Crippen molar-refractivity contribution in [1.29, 1.82) is 0 Å². The van der Waals surface area contributed by atoms with Gasteiger partial charge < -0.3 is 10.1 Å². The molecule has 0 spiro atoms. The van der Waals surface area contributed by atoms with E-state index in [0.29, 0.717) is 12.0 Å². The predicted molar refractivity (Wildman–Crippen MR) is 65.1 cm³/mol. The smallest absolute Gasteiger partial charge is 0.156 e. The Morgan fingerprint density at radius 2 is 1.76 bits per heavy atom. The zero-order valence-electron chi connectivity index (χ0n) is 10.1. The van der Waals surface area contributed by atoms with Crippen LogP contribution in [-0.4, -0.2) is 29.2 Å². The molecule has 1 saturated carbocycles. The second-order valence-corrected chi connectivity index (χ2v) is 5.01. The molecule has 1 aromatic rings. The van der Waals surface area contributed by atoms with E-state index in [-0.39, 0.29) is 0 Å². The summed E-state index contributed by atoms with van der Waals surface area (Å²) in [7, 11) is 0. The van der Waals surface area contributed by atoms with Crippen LogP contribution in [0.5, 0.6) is 5.75 Å². The summed E-state index contributed by atoms with van der Waals surface area (Å²) in [6.45, 7) is 1.87. The molecule has 1 N–H and O–H groups in total. The Labute approximate surface area is 102 Å². The van der Waals surface area contributed by atoms with Gasteiger partial charge in [0.25, 0.3) is 0 Å². The molecule has 17 heavy (non-hydrogen) atoms. The van der Waals surface area contributed by atoms with E-state index in [4.69, 9.17) is 4.74 Å². The first kappa shape index (κ1) is 11.0. The standard InChI is InChI=1S/C13H19N3O/c1-2-4-10(5-3-1)13-15-8-12(9-16-13)17-11-6-14-7-11/h8-11,14H,1-7H2. The van der Waals surface area contributed by atoms with Gasteiger partial charge in [-0.05, 0) is 12.8 Å². The first-order valence-corrected chi connectivity index (χ1v) is 6.61. The molecule has 0 aromatic carbocycles. The van der Waals surface area contributed by atoms with Crippen molar-refractivity contribution in [2.75, 3.05) is 13.1 Å². The SMILES string of the molecule is c1nc(C2CCCCC2)ncc1OC1CNC1. The molecule has 2 fully saturated rings. The molecule has 0 bridgehead atoms. The van der Waals surface area contributed by atoms with Gasteiger partial charge in [0.05, 0.1) is 12.4 Å². The second kappa shape index (κ2) is 5.00. The van der Waals surface area contributed by atoms with Gasteiger partial charge in [-0.2, -0.15) is 0 Å². The van der Waals surface area contributed by atoms with Crippen molar-refractivity contribution in [3.05, 3.63) is 18.2 Å². The summed E-state index contributed by atoms with van der Waals surface area (Å²) in [5.41, 5.74) is 0. The number of hydrogen-bond donors (Lipinski definition) is 1. The third kappa shape index (κ3) is 2.57. The normalized spacial score (nSPS) is 22.1. The monoisotopic (exact) mass is 233 g/mol. The first-order valence-electron chi connectivity index (χ1n) is 6.61. The molecule has 1 saturated heterocycles. The van der Waals surface area contributed by atoms with E-state index in [0.717, 1.165) is 24.7 Å². The number of aromatic nitrogens is 2. The van der Waals surface area contributed by atoms with E-state index < -0.39 is 0 Å². The Kier molecular flexibility index (Phi) is 3.22. The van der Waals surface area contributed by atoms with Crippen molar-refractivity contribution >= 4 is 0 Å². The highest BCUT2D eigenvalue weighted by molar-refractivity contribution is 5.15. The van der Waals surface area contributed by atoms with E-state index in [1.165, 1.54) is 32.1 Å². The Balaban J connectivity index is 1.62. The van der Waals surface area contributed by atoms with E-state index in [9.17, 15) is 0 Å². The lowest BCUT2D eigenvalue weighted by atomic mass is 9.89. The van der Waals surface area contributed by atoms with Crippen LogP contribution in [0.25, 0.3) is 0 Å². The van der Waals surface area contributed by atoms with Crippen LogP contribution in [0.15, 0.2) is 12.4 Å². The number of hydrogen-bond acceptors (Lipinski definition) is 4. The maximum Gasteiger partial charge on any atom is 0.156 e. The predicted octanol–water partition coefficient (Wildman–Crippen LogP) is 1.87. The second-order valence-electron chi connectivity index (χ2n) is 5.01. The zero-order chi connectivity index (χ0) is 11.5. The van der Waals surface area contributed by atoms with Crippen molar-refractivity contribution in [1.82, 2.24) is 15.3 Å². The molecular formula is C13H19N3O. The minimum atomic E-state index is 0.305. The molecular weight excluding hydrogens is 214 g/mol. The summed E-state index contributed by atoms with van der Waals surface area (Å²) in [4.78, 5) is 8.91. The fraction of sp³-hybridized carbons (Fsp3) is 0.692. The summed E-state index contributed by atoms with van der Waals surface area (Å²) in [6, 6.07) is 0. The van der Waals surface area contributed by atoms with Crippen LogP contribution in [0.4, 0.5) is 0 Å². The highest BCUT2D eigenvalue weighted by Crippen LogP contribution is 2.30. The van der Waals surface area contributed by atoms with E-state index in [1.807, 2.05) is 12.4 Å². The van der Waals surface area contributed by atoms with Gasteiger partial charge >= 0.3 is 0 Å². The van der Waals surface area contributed by atoms with Crippen LogP contribution in [-0.2, 0) is 0 Å². The van der Waals surface area contributed by atoms with Crippen LogP contribution in [0, 0.1) is 0 Å². The topological polar surface area (TPSA) is 47.0 Å². The Morgan fingerprint density at radius 1 is 1.06 bits per heavy atom. The van der Waals surface area contributed by atoms with Gasteiger partial charge in [-0.25, -0.2) is 9.97 Å². The van der Waals surface area contributed by atoms with Gasteiger partial charge in [-0.3, -0.25) is 0 Å². The molecule has 3 rings (SSSR count). The van der Waals surface area contributed by atoms with Gasteiger partial charge in [0.1, 0.15) is 11.9 Å². The van der Waals surface area contributed by atoms with Gasteiger partial charge in [0, 0.05) is 19.0 Å². The lowest BCUT2D eigenvalue weighted by molar-refractivity contribution is 0.141. The Hall–Kier alpha value is -1.16. The van der Waals surface area contributed by atoms with Crippen LogP contribution >= 0.6 is 0 Å². The molecule has 1 aliphatic heterocycles. The van der Waals surface area contributed by atoms with Crippen molar-refractivity contribution in [3.8, 4) is 5.75 Å². The van der Waals surface area contributed by atoms with E-state index in [1.54, 1.807) is 0 Å². The molecule has 0 atom stereocenters. The summed E-state index contributed by atoms with van der Waals surface area (Å²) in [5, 5.41) is 3.18.